The van der Waals surface area contributed by atoms with Gasteiger partial charge in [-0.2, -0.15) is 0 Å². The van der Waals surface area contributed by atoms with E-state index in [2.05, 4.69) is 66.7 Å². The molecule has 0 atom stereocenters. The summed E-state index contributed by atoms with van der Waals surface area (Å²) in [7, 11) is 0. The molecule has 0 aliphatic heterocycles. The third kappa shape index (κ3) is 2.90. The summed E-state index contributed by atoms with van der Waals surface area (Å²) in [5.41, 5.74) is 3.80. The molecule has 1 aromatic heterocycles. The maximum atomic E-state index is 9.16. The number of nitriles is 1. The van der Waals surface area contributed by atoms with E-state index in [-0.39, 0.29) is 15.0 Å². The molecule has 1 heterocycles. The van der Waals surface area contributed by atoms with Crippen molar-refractivity contribution in [3.05, 3.63) is 96.6 Å². The van der Waals surface area contributed by atoms with Crippen molar-refractivity contribution in [1.82, 2.24) is 0 Å². The Labute approximate surface area is 169 Å². The zero-order chi connectivity index (χ0) is 18.9. The van der Waals surface area contributed by atoms with Gasteiger partial charge in [0.25, 0.3) is 0 Å². The van der Waals surface area contributed by atoms with Gasteiger partial charge in [0.2, 0.25) is 0 Å². The summed E-state index contributed by atoms with van der Waals surface area (Å²) in [6, 6.07) is 33.0. The third-order valence-corrected chi connectivity index (χ3v) is 6.86. The van der Waals surface area contributed by atoms with E-state index in [1.807, 2.05) is 30.3 Å². The number of nitrogens with zero attached hydrogens (tertiary/aromatic N) is 1. The summed E-state index contributed by atoms with van der Waals surface area (Å²) in [5, 5.41) is 12.7. The summed E-state index contributed by atoms with van der Waals surface area (Å²) in [4.78, 5) is 0. The molecule has 4 aromatic carbocycles. The van der Waals surface area contributed by atoms with Crippen LogP contribution in [0.3, 0.4) is 0 Å². The van der Waals surface area contributed by atoms with E-state index in [1.54, 1.807) is 0 Å². The molecule has 0 amide bonds. The fraction of sp³-hybridized carbons (Fsp3) is 0. The van der Waals surface area contributed by atoms with Crippen LogP contribution in [0.4, 0.5) is 0 Å². The van der Waals surface area contributed by atoms with E-state index in [4.69, 9.17) is 9.68 Å². The Balaban J connectivity index is 1.80. The first-order chi connectivity index (χ1) is 13.8. The van der Waals surface area contributed by atoms with Gasteiger partial charge in [-0.25, -0.2) is 0 Å². The molecule has 0 fully saturated rings. The number of rotatable bonds is 3. The molecule has 0 aliphatic rings. The molecular weight excluding hydrogens is 409 g/mol. The monoisotopic (exact) mass is 425 g/mol. The van der Waals surface area contributed by atoms with Crippen LogP contribution in [-0.4, -0.2) is 15.0 Å². The van der Waals surface area contributed by atoms with Gasteiger partial charge in [0, 0.05) is 0 Å². The molecule has 0 N–H and O–H groups in total. The summed E-state index contributed by atoms with van der Waals surface area (Å²) >= 11 is 0.0462. The van der Waals surface area contributed by atoms with Gasteiger partial charge in [-0.3, -0.25) is 0 Å². The van der Waals surface area contributed by atoms with Gasteiger partial charge < -0.3 is 0 Å². The Bertz CT molecular complexity index is 1330. The van der Waals surface area contributed by atoms with Crippen molar-refractivity contribution in [2.75, 3.05) is 0 Å². The van der Waals surface area contributed by atoms with E-state index in [0.717, 1.165) is 26.8 Å². The summed E-state index contributed by atoms with van der Waals surface area (Å²) in [5.74, 6) is 0. The average molecular weight is 424 g/mol. The summed E-state index contributed by atoms with van der Waals surface area (Å²) < 4.78 is 8.67. The molecule has 0 bridgehead atoms. The summed E-state index contributed by atoms with van der Waals surface area (Å²) in [6.45, 7) is 0. The zero-order valence-corrected chi connectivity index (χ0v) is 16.6. The topological polar surface area (TPSA) is 36.9 Å². The Morgan fingerprint density at radius 3 is 2.29 bits per heavy atom. The molecule has 2 nitrogen and oxygen atoms in total. The molecule has 0 radical (unpaired) electrons. The van der Waals surface area contributed by atoms with Crippen LogP contribution < -0.4 is 9.12 Å². The van der Waals surface area contributed by atoms with E-state index in [0.29, 0.717) is 5.56 Å². The standard InChI is InChI=1S/C25H15NOSe/c26-16-17-10-12-19(13-11-17)23-24-21-9-5-4-6-18(21)14-15-22(24)27-25(23)28-20-7-2-1-3-8-20/h1-15H. The second-order valence-corrected chi connectivity index (χ2v) is 8.72. The predicted octanol–water partition coefficient (Wildman–Crippen LogP) is 4.78. The van der Waals surface area contributed by atoms with Gasteiger partial charge in [0.1, 0.15) is 0 Å². The molecule has 132 valence electrons. The van der Waals surface area contributed by atoms with Crippen molar-refractivity contribution >= 4 is 45.8 Å². The van der Waals surface area contributed by atoms with Gasteiger partial charge in [-0.15, -0.1) is 0 Å². The van der Waals surface area contributed by atoms with Crippen LogP contribution in [0.5, 0.6) is 0 Å². The van der Waals surface area contributed by atoms with E-state index >= 15 is 0 Å². The second kappa shape index (κ2) is 7.02. The van der Waals surface area contributed by atoms with Crippen molar-refractivity contribution in [2.45, 2.75) is 0 Å². The van der Waals surface area contributed by atoms with Gasteiger partial charge in [0.15, 0.2) is 0 Å². The zero-order valence-electron chi connectivity index (χ0n) is 14.9. The normalized spacial score (nSPS) is 11.0. The van der Waals surface area contributed by atoms with Gasteiger partial charge >= 0.3 is 169 Å². The quantitative estimate of drug-likeness (QED) is 0.391. The minimum atomic E-state index is 0.0462. The Hall–Kier alpha value is -3.31. The molecule has 5 rings (SSSR count). The number of benzene rings is 4. The number of fused-ring (bicyclic) bond motifs is 3. The molecule has 0 spiro atoms. The van der Waals surface area contributed by atoms with Crippen molar-refractivity contribution in [2.24, 2.45) is 0 Å². The molecule has 28 heavy (non-hydrogen) atoms. The Kier molecular flexibility index (Phi) is 4.22. The molecule has 0 saturated heterocycles. The molecule has 0 saturated carbocycles. The van der Waals surface area contributed by atoms with Crippen LogP contribution in [0.2, 0.25) is 0 Å². The van der Waals surface area contributed by atoms with Crippen molar-refractivity contribution in [3.63, 3.8) is 0 Å². The SMILES string of the molecule is N#Cc1ccc(-c2c([Se]c3ccccc3)oc3ccc4ccccc4c23)cc1. The van der Waals surface area contributed by atoms with Crippen LogP contribution in [0.15, 0.2) is 95.4 Å². The molecule has 3 heteroatoms. The molecule has 0 aliphatic carbocycles. The first-order valence-electron chi connectivity index (χ1n) is 9.01. The van der Waals surface area contributed by atoms with Gasteiger partial charge in [-0.1, -0.05) is 0 Å². The van der Waals surface area contributed by atoms with Crippen LogP contribution in [0.1, 0.15) is 5.56 Å². The first-order valence-corrected chi connectivity index (χ1v) is 10.7. The third-order valence-electron chi connectivity index (χ3n) is 4.80. The number of hydrogen-bond donors (Lipinski definition) is 0. The average Bonchev–Trinajstić information content (AvgIpc) is 3.13. The Morgan fingerprint density at radius 2 is 1.50 bits per heavy atom. The fourth-order valence-electron chi connectivity index (χ4n) is 3.49. The Morgan fingerprint density at radius 1 is 0.750 bits per heavy atom. The molecule has 0 unspecified atom stereocenters. The fourth-order valence-corrected chi connectivity index (χ4v) is 5.50. The van der Waals surface area contributed by atoms with E-state index in [1.165, 1.54) is 15.2 Å². The van der Waals surface area contributed by atoms with Crippen molar-refractivity contribution in [1.29, 1.82) is 5.26 Å². The number of furan rings is 1. The first kappa shape index (κ1) is 16.8. The van der Waals surface area contributed by atoms with Crippen LogP contribution in [-0.2, 0) is 0 Å². The van der Waals surface area contributed by atoms with Gasteiger partial charge in [-0.05, 0) is 0 Å². The molecular formula is C25H15NOSe. The minimum absolute atomic E-state index is 0.0462. The van der Waals surface area contributed by atoms with Crippen LogP contribution in [0, 0.1) is 11.3 Å². The van der Waals surface area contributed by atoms with Crippen LogP contribution in [0.25, 0.3) is 32.9 Å². The second-order valence-electron chi connectivity index (χ2n) is 6.53. The summed E-state index contributed by atoms with van der Waals surface area (Å²) in [6.07, 6.45) is 0. The molecule has 5 aromatic rings. The number of hydrogen-bond acceptors (Lipinski definition) is 2. The van der Waals surface area contributed by atoms with Gasteiger partial charge in [0.05, 0.1) is 0 Å². The van der Waals surface area contributed by atoms with Crippen molar-refractivity contribution in [3.8, 4) is 17.2 Å². The van der Waals surface area contributed by atoms with Crippen LogP contribution >= 0.6 is 0 Å². The van der Waals surface area contributed by atoms with E-state index in [9.17, 15) is 0 Å². The van der Waals surface area contributed by atoms with Crippen molar-refractivity contribution < 1.29 is 4.42 Å². The predicted molar refractivity (Wildman–Crippen MR) is 115 cm³/mol. The van der Waals surface area contributed by atoms with E-state index < -0.39 is 0 Å². The maximum absolute atomic E-state index is 9.16.